The van der Waals surface area contributed by atoms with Crippen LogP contribution in [0.2, 0.25) is 0 Å². The minimum atomic E-state index is -3.67. The minimum absolute atomic E-state index is 0.0872. The van der Waals surface area contributed by atoms with Crippen molar-refractivity contribution in [2.45, 2.75) is 17.9 Å². The van der Waals surface area contributed by atoms with Gasteiger partial charge in [0.1, 0.15) is 5.82 Å². The van der Waals surface area contributed by atoms with Crippen molar-refractivity contribution in [3.05, 3.63) is 77.9 Å². The fourth-order valence-corrected chi connectivity index (χ4v) is 4.40. The third-order valence-electron chi connectivity index (χ3n) is 4.38. The van der Waals surface area contributed by atoms with Crippen LogP contribution < -0.4 is 0 Å². The van der Waals surface area contributed by atoms with Crippen LogP contribution in [0.3, 0.4) is 0 Å². The maximum absolute atomic E-state index is 13.1. The van der Waals surface area contributed by atoms with Crippen molar-refractivity contribution in [1.29, 1.82) is 0 Å². The minimum Gasteiger partial charge on any atom is -0.236 e. The van der Waals surface area contributed by atoms with E-state index in [0.29, 0.717) is 18.8 Å². The summed E-state index contributed by atoms with van der Waals surface area (Å²) >= 11 is 0. The first-order valence-corrected chi connectivity index (χ1v) is 9.64. The first-order chi connectivity index (χ1) is 12.5. The summed E-state index contributed by atoms with van der Waals surface area (Å²) in [4.78, 5) is 9.07. The lowest BCUT2D eigenvalue weighted by Gasteiger charge is -2.27. The second-order valence-corrected chi connectivity index (χ2v) is 8.01. The molecular formula is C19H16FN3O2S. The highest BCUT2D eigenvalue weighted by Gasteiger charge is 2.29. The summed E-state index contributed by atoms with van der Waals surface area (Å²) in [6.45, 7) is 0.544. The molecule has 0 bridgehead atoms. The maximum Gasteiger partial charge on any atom is 0.243 e. The van der Waals surface area contributed by atoms with E-state index in [4.69, 9.17) is 0 Å². The molecule has 0 N–H and O–H groups in total. The molecule has 26 heavy (non-hydrogen) atoms. The van der Waals surface area contributed by atoms with E-state index >= 15 is 0 Å². The lowest BCUT2D eigenvalue weighted by molar-refractivity contribution is 0.387. The SMILES string of the molecule is O=S(=O)(c1ccc(F)cc1)N1CCc2nc(-c3ccccc3)ncc2C1. The number of benzene rings is 2. The quantitative estimate of drug-likeness (QED) is 0.712. The Hall–Kier alpha value is -2.64. The highest BCUT2D eigenvalue weighted by atomic mass is 32.2. The van der Waals surface area contributed by atoms with Crippen LogP contribution in [0.1, 0.15) is 11.3 Å². The zero-order valence-corrected chi connectivity index (χ0v) is 14.7. The van der Waals surface area contributed by atoms with Crippen LogP contribution in [-0.4, -0.2) is 29.2 Å². The molecule has 0 saturated carbocycles. The van der Waals surface area contributed by atoms with Crippen LogP contribution >= 0.6 is 0 Å². The molecule has 0 radical (unpaired) electrons. The number of nitrogens with zero attached hydrogens (tertiary/aromatic N) is 3. The first kappa shape index (κ1) is 16.8. The van der Waals surface area contributed by atoms with Crippen LogP contribution in [0.5, 0.6) is 0 Å². The zero-order chi connectivity index (χ0) is 18.1. The number of aromatic nitrogens is 2. The molecule has 1 aromatic heterocycles. The number of rotatable bonds is 3. The monoisotopic (exact) mass is 369 g/mol. The van der Waals surface area contributed by atoms with Crippen LogP contribution in [0.25, 0.3) is 11.4 Å². The lowest BCUT2D eigenvalue weighted by atomic mass is 10.1. The van der Waals surface area contributed by atoms with Gasteiger partial charge >= 0.3 is 0 Å². The predicted octanol–water partition coefficient (Wildman–Crippen LogP) is 3.03. The van der Waals surface area contributed by atoms with Gasteiger partial charge in [0.05, 0.1) is 10.6 Å². The van der Waals surface area contributed by atoms with Gasteiger partial charge in [0.15, 0.2) is 5.82 Å². The van der Waals surface area contributed by atoms with Gasteiger partial charge in [-0.25, -0.2) is 22.8 Å². The number of hydrogen-bond donors (Lipinski definition) is 0. The Labute approximate surface area is 151 Å². The van der Waals surface area contributed by atoms with E-state index < -0.39 is 15.8 Å². The molecule has 1 aliphatic rings. The van der Waals surface area contributed by atoms with Gasteiger partial charge in [-0.05, 0) is 24.3 Å². The van der Waals surface area contributed by atoms with E-state index in [-0.39, 0.29) is 11.4 Å². The summed E-state index contributed by atoms with van der Waals surface area (Å²) in [5, 5.41) is 0. The fourth-order valence-electron chi connectivity index (χ4n) is 2.98. The highest BCUT2D eigenvalue weighted by Crippen LogP contribution is 2.25. The topological polar surface area (TPSA) is 63.2 Å². The molecule has 0 saturated heterocycles. The maximum atomic E-state index is 13.1. The van der Waals surface area contributed by atoms with Crippen LogP contribution in [0, 0.1) is 5.82 Å². The van der Waals surface area contributed by atoms with Crippen LogP contribution in [0.4, 0.5) is 4.39 Å². The van der Waals surface area contributed by atoms with Crippen molar-refractivity contribution in [1.82, 2.24) is 14.3 Å². The molecule has 0 fully saturated rings. The second-order valence-electron chi connectivity index (χ2n) is 6.07. The van der Waals surface area contributed by atoms with Gasteiger partial charge in [-0.15, -0.1) is 0 Å². The molecule has 132 valence electrons. The number of sulfonamides is 1. The molecule has 3 aromatic rings. The van der Waals surface area contributed by atoms with Gasteiger partial charge in [-0.2, -0.15) is 4.31 Å². The van der Waals surface area contributed by atoms with Crippen LogP contribution in [0.15, 0.2) is 65.7 Å². The lowest BCUT2D eigenvalue weighted by Crippen LogP contribution is -2.36. The molecule has 1 aliphatic heterocycles. The Morgan fingerprint density at radius 2 is 1.73 bits per heavy atom. The average molecular weight is 369 g/mol. The predicted molar refractivity (Wildman–Crippen MR) is 95.2 cm³/mol. The Kier molecular flexibility index (Phi) is 4.26. The Balaban J connectivity index is 1.61. The van der Waals surface area contributed by atoms with Gasteiger partial charge in [-0.1, -0.05) is 30.3 Å². The van der Waals surface area contributed by atoms with Gasteiger partial charge in [0.25, 0.3) is 0 Å². The molecule has 4 rings (SSSR count). The second kappa shape index (κ2) is 6.59. The summed E-state index contributed by atoms with van der Waals surface area (Å²) in [6, 6.07) is 14.5. The molecule has 2 heterocycles. The van der Waals surface area contributed by atoms with Crippen molar-refractivity contribution in [2.75, 3.05) is 6.54 Å². The molecule has 0 atom stereocenters. The van der Waals surface area contributed by atoms with E-state index in [2.05, 4.69) is 9.97 Å². The molecule has 2 aromatic carbocycles. The van der Waals surface area contributed by atoms with E-state index in [1.54, 1.807) is 6.20 Å². The Morgan fingerprint density at radius 1 is 1.00 bits per heavy atom. The summed E-state index contributed by atoms with van der Waals surface area (Å²) in [5.74, 6) is 0.175. The molecule has 5 nitrogen and oxygen atoms in total. The van der Waals surface area contributed by atoms with E-state index in [1.807, 2.05) is 30.3 Å². The van der Waals surface area contributed by atoms with Crippen molar-refractivity contribution >= 4 is 10.0 Å². The van der Waals surface area contributed by atoms with Crippen molar-refractivity contribution in [3.63, 3.8) is 0 Å². The Bertz CT molecular complexity index is 1040. The first-order valence-electron chi connectivity index (χ1n) is 8.20. The highest BCUT2D eigenvalue weighted by molar-refractivity contribution is 7.89. The summed E-state index contributed by atoms with van der Waals surface area (Å²) in [5.41, 5.74) is 2.59. The molecule has 7 heteroatoms. The number of fused-ring (bicyclic) bond motifs is 1. The van der Waals surface area contributed by atoms with E-state index in [0.717, 1.165) is 29.0 Å². The largest absolute Gasteiger partial charge is 0.243 e. The summed E-state index contributed by atoms with van der Waals surface area (Å²) < 4.78 is 40.0. The fraction of sp³-hybridized carbons (Fsp3) is 0.158. The van der Waals surface area contributed by atoms with Crippen molar-refractivity contribution in [3.8, 4) is 11.4 Å². The van der Waals surface area contributed by atoms with Crippen molar-refractivity contribution in [2.24, 2.45) is 0 Å². The Morgan fingerprint density at radius 3 is 2.46 bits per heavy atom. The zero-order valence-electron chi connectivity index (χ0n) is 13.8. The number of halogens is 1. The molecule has 0 amide bonds. The normalized spacial score (nSPS) is 14.8. The molecule has 0 aliphatic carbocycles. The smallest absolute Gasteiger partial charge is 0.236 e. The van der Waals surface area contributed by atoms with E-state index in [1.165, 1.54) is 16.4 Å². The van der Waals surface area contributed by atoms with Crippen LogP contribution in [-0.2, 0) is 23.0 Å². The van der Waals surface area contributed by atoms with Gasteiger partial charge in [-0.3, -0.25) is 0 Å². The molecule has 0 unspecified atom stereocenters. The van der Waals surface area contributed by atoms with Gasteiger partial charge in [0, 0.05) is 36.8 Å². The number of hydrogen-bond acceptors (Lipinski definition) is 4. The van der Waals surface area contributed by atoms with Crippen molar-refractivity contribution < 1.29 is 12.8 Å². The third kappa shape index (κ3) is 3.11. The van der Waals surface area contributed by atoms with E-state index in [9.17, 15) is 12.8 Å². The summed E-state index contributed by atoms with van der Waals surface area (Å²) in [6.07, 6.45) is 2.20. The molecule has 0 spiro atoms. The van der Waals surface area contributed by atoms with Gasteiger partial charge in [0.2, 0.25) is 10.0 Å². The average Bonchev–Trinajstić information content (AvgIpc) is 2.68. The third-order valence-corrected chi connectivity index (χ3v) is 6.24. The van der Waals surface area contributed by atoms with Gasteiger partial charge < -0.3 is 0 Å². The molecular weight excluding hydrogens is 353 g/mol. The standard InChI is InChI=1S/C19H16FN3O2S/c20-16-6-8-17(9-7-16)26(24,25)23-11-10-18-15(13-23)12-21-19(22-18)14-4-2-1-3-5-14/h1-9,12H,10-11,13H2. The summed E-state index contributed by atoms with van der Waals surface area (Å²) in [7, 11) is -3.67.